The number of nitrogens with one attached hydrogen (secondary N) is 1. The number of ether oxygens (including phenoxy) is 1. The largest absolute Gasteiger partial charge is 0.473 e. The van der Waals surface area contributed by atoms with Gasteiger partial charge in [-0.2, -0.15) is 10.5 Å². The second-order valence-electron chi connectivity index (χ2n) is 6.45. The first-order valence-electron chi connectivity index (χ1n) is 8.16. The van der Waals surface area contributed by atoms with Crippen LogP contribution in [0.3, 0.4) is 0 Å². The van der Waals surface area contributed by atoms with Gasteiger partial charge in [0.1, 0.15) is 0 Å². The van der Waals surface area contributed by atoms with Crippen molar-refractivity contribution < 1.29 is 4.74 Å². The molecule has 6 heteroatoms. The monoisotopic (exact) mass is 333 g/mol. The summed E-state index contributed by atoms with van der Waals surface area (Å²) in [5.74, 6) is -0.267. The molecule has 1 aliphatic heterocycles. The van der Waals surface area contributed by atoms with E-state index in [1.807, 2.05) is 45.9 Å². The Labute approximate surface area is 146 Å². The molecule has 6 nitrogen and oxygen atoms in total. The summed E-state index contributed by atoms with van der Waals surface area (Å²) in [5.41, 5.74) is 3.68. The van der Waals surface area contributed by atoms with Crippen LogP contribution in [-0.2, 0) is 0 Å². The van der Waals surface area contributed by atoms with Gasteiger partial charge in [0.25, 0.3) is 0 Å². The van der Waals surface area contributed by atoms with Crippen molar-refractivity contribution in [3.05, 3.63) is 35.0 Å². The molecule has 1 N–H and O–H groups in total. The predicted octanol–water partition coefficient (Wildman–Crippen LogP) is 3.85. The maximum absolute atomic E-state index is 9.63. The van der Waals surface area contributed by atoms with Crippen LogP contribution in [0.15, 0.2) is 34.5 Å². The SMILES string of the molecule is CC1=NC(C)=C(C#N)C(c2ccc3[nH]nc(OC(C)C)c3c2)C1C#N. The normalized spacial score (nSPS) is 20.4. The summed E-state index contributed by atoms with van der Waals surface area (Å²) >= 11 is 0. The Morgan fingerprint density at radius 1 is 1.24 bits per heavy atom. The Morgan fingerprint density at radius 2 is 2.00 bits per heavy atom. The second-order valence-corrected chi connectivity index (χ2v) is 6.45. The number of benzene rings is 1. The first-order valence-corrected chi connectivity index (χ1v) is 8.16. The molecule has 2 heterocycles. The van der Waals surface area contributed by atoms with E-state index in [-0.39, 0.29) is 12.0 Å². The van der Waals surface area contributed by atoms with E-state index in [9.17, 15) is 10.5 Å². The molecule has 0 bridgehead atoms. The van der Waals surface area contributed by atoms with Crippen LogP contribution in [0.5, 0.6) is 5.88 Å². The van der Waals surface area contributed by atoms with Crippen LogP contribution in [0.25, 0.3) is 10.9 Å². The highest BCUT2D eigenvalue weighted by Gasteiger charge is 2.34. The van der Waals surface area contributed by atoms with Gasteiger partial charge in [-0.1, -0.05) is 6.07 Å². The number of aliphatic imine (C=N–C) groups is 1. The van der Waals surface area contributed by atoms with Crippen LogP contribution in [0.4, 0.5) is 0 Å². The molecule has 0 saturated carbocycles. The summed E-state index contributed by atoms with van der Waals surface area (Å²) in [6.07, 6.45) is 0.00267. The number of hydrogen-bond acceptors (Lipinski definition) is 5. The van der Waals surface area contributed by atoms with Crippen molar-refractivity contribution in [1.82, 2.24) is 10.2 Å². The lowest BCUT2D eigenvalue weighted by molar-refractivity contribution is 0.235. The Hall–Kier alpha value is -3.12. The number of H-pyrrole nitrogens is 1. The molecule has 25 heavy (non-hydrogen) atoms. The third-order valence-electron chi connectivity index (χ3n) is 4.35. The molecule has 2 unspecified atom stereocenters. The van der Waals surface area contributed by atoms with Gasteiger partial charge in [0.05, 0.1) is 46.3 Å². The van der Waals surface area contributed by atoms with Gasteiger partial charge in [0.15, 0.2) is 0 Å². The molecule has 0 saturated heterocycles. The number of fused-ring (bicyclic) bond motifs is 1. The fourth-order valence-electron chi connectivity index (χ4n) is 3.22. The highest BCUT2D eigenvalue weighted by molar-refractivity contribution is 5.91. The number of nitriles is 2. The molecule has 1 aromatic heterocycles. The van der Waals surface area contributed by atoms with Crippen LogP contribution < -0.4 is 4.74 Å². The van der Waals surface area contributed by atoms with Gasteiger partial charge in [0, 0.05) is 11.6 Å². The molecule has 126 valence electrons. The Morgan fingerprint density at radius 3 is 2.64 bits per heavy atom. The second kappa shape index (κ2) is 6.41. The molecule has 1 aromatic carbocycles. The summed E-state index contributed by atoms with van der Waals surface area (Å²) < 4.78 is 5.75. The van der Waals surface area contributed by atoms with Crippen molar-refractivity contribution in [1.29, 1.82) is 10.5 Å². The topological polar surface area (TPSA) is 97.8 Å². The average Bonchev–Trinajstić information content (AvgIpc) is 2.96. The van der Waals surface area contributed by atoms with E-state index >= 15 is 0 Å². The summed E-state index contributed by atoms with van der Waals surface area (Å²) in [7, 11) is 0. The van der Waals surface area contributed by atoms with Gasteiger partial charge in [0.2, 0.25) is 5.88 Å². The van der Waals surface area contributed by atoms with Crippen molar-refractivity contribution in [3.8, 4) is 18.0 Å². The molecule has 0 radical (unpaired) electrons. The summed E-state index contributed by atoms with van der Waals surface area (Å²) in [4.78, 5) is 4.38. The lowest BCUT2D eigenvalue weighted by Gasteiger charge is -2.26. The molecule has 0 spiro atoms. The van der Waals surface area contributed by atoms with Crippen LogP contribution in [0.2, 0.25) is 0 Å². The first kappa shape index (κ1) is 16.7. The molecular weight excluding hydrogens is 314 g/mol. The van der Waals surface area contributed by atoms with Gasteiger partial charge in [-0.25, -0.2) is 0 Å². The van der Waals surface area contributed by atoms with Crippen LogP contribution in [0, 0.1) is 28.6 Å². The molecule has 0 amide bonds. The van der Waals surface area contributed by atoms with Gasteiger partial charge >= 0.3 is 0 Å². The zero-order valence-electron chi connectivity index (χ0n) is 14.7. The number of allylic oxidation sites excluding steroid dienone is 2. The molecule has 1 aliphatic rings. The molecule has 2 atom stereocenters. The van der Waals surface area contributed by atoms with Crippen molar-refractivity contribution in [2.75, 3.05) is 0 Å². The zero-order valence-corrected chi connectivity index (χ0v) is 14.7. The third-order valence-corrected chi connectivity index (χ3v) is 4.35. The number of hydrogen-bond donors (Lipinski definition) is 1. The summed E-state index contributed by atoms with van der Waals surface area (Å²) in [6.45, 7) is 7.53. The molecule has 2 aromatic rings. The minimum absolute atomic E-state index is 0.00267. The first-order chi connectivity index (χ1) is 12.0. The maximum atomic E-state index is 9.63. The van der Waals surface area contributed by atoms with Gasteiger partial charge in [-0.15, -0.1) is 5.10 Å². The highest BCUT2D eigenvalue weighted by Crippen LogP contribution is 2.39. The van der Waals surface area contributed by atoms with Crippen molar-refractivity contribution >= 4 is 16.6 Å². The number of rotatable bonds is 3. The standard InChI is InChI=1S/C19H19N5O/c1-10(2)25-19-14-7-13(5-6-17(14)23-24-19)18-15(8-20)11(3)22-12(4)16(18)9-21/h5-7,10,15,18H,1-4H3,(H,23,24). The van der Waals surface area contributed by atoms with E-state index in [4.69, 9.17) is 4.74 Å². The minimum atomic E-state index is -0.461. The van der Waals surface area contributed by atoms with Crippen molar-refractivity contribution in [3.63, 3.8) is 0 Å². The van der Waals surface area contributed by atoms with E-state index < -0.39 is 5.92 Å². The quantitative estimate of drug-likeness (QED) is 0.922. The van der Waals surface area contributed by atoms with Gasteiger partial charge in [-0.3, -0.25) is 10.1 Å². The maximum Gasteiger partial charge on any atom is 0.240 e. The number of aromatic amines is 1. The fraction of sp³-hybridized carbons (Fsp3) is 0.368. The van der Waals surface area contributed by atoms with Crippen LogP contribution in [0.1, 0.15) is 39.2 Å². The van der Waals surface area contributed by atoms with E-state index in [2.05, 4.69) is 27.3 Å². The Balaban J connectivity index is 2.15. The van der Waals surface area contributed by atoms with Crippen LogP contribution >= 0.6 is 0 Å². The average molecular weight is 333 g/mol. The molecular formula is C19H19N5O. The molecule has 0 fully saturated rings. The highest BCUT2D eigenvalue weighted by atomic mass is 16.5. The minimum Gasteiger partial charge on any atom is -0.473 e. The van der Waals surface area contributed by atoms with Crippen LogP contribution in [-0.4, -0.2) is 22.0 Å². The number of nitrogens with zero attached hydrogens (tertiary/aromatic N) is 4. The third kappa shape index (κ3) is 2.88. The summed E-state index contributed by atoms with van der Waals surface area (Å²) in [6, 6.07) is 10.3. The summed E-state index contributed by atoms with van der Waals surface area (Å²) in [5, 5.41) is 27.3. The smallest absolute Gasteiger partial charge is 0.240 e. The van der Waals surface area contributed by atoms with E-state index in [1.54, 1.807) is 0 Å². The van der Waals surface area contributed by atoms with Gasteiger partial charge < -0.3 is 4.74 Å². The Kier molecular flexibility index (Phi) is 4.29. The zero-order chi connectivity index (χ0) is 18.1. The lowest BCUT2D eigenvalue weighted by atomic mass is 9.77. The predicted molar refractivity (Wildman–Crippen MR) is 95.1 cm³/mol. The van der Waals surface area contributed by atoms with E-state index in [0.29, 0.717) is 17.2 Å². The molecule has 3 rings (SSSR count). The number of aromatic nitrogens is 2. The Bertz CT molecular complexity index is 968. The lowest BCUT2D eigenvalue weighted by Crippen LogP contribution is -2.24. The molecule has 0 aliphatic carbocycles. The van der Waals surface area contributed by atoms with E-state index in [1.165, 1.54) is 0 Å². The van der Waals surface area contributed by atoms with E-state index in [0.717, 1.165) is 22.2 Å². The van der Waals surface area contributed by atoms with Gasteiger partial charge in [-0.05, 0) is 45.4 Å². The fourth-order valence-corrected chi connectivity index (χ4v) is 3.22. The van der Waals surface area contributed by atoms with Crippen molar-refractivity contribution in [2.45, 2.75) is 39.7 Å². The van der Waals surface area contributed by atoms with Crippen molar-refractivity contribution in [2.24, 2.45) is 10.9 Å².